The molecule has 2 saturated heterocycles. The zero-order valence-electron chi connectivity index (χ0n) is 10.3. The minimum Gasteiger partial charge on any atom is -0.310 e. The maximum absolute atomic E-state index is 6.23. The molecule has 3 rings (SSSR count). The highest BCUT2D eigenvalue weighted by Crippen LogP contribution is 2.25. The fourth-order valence-electron chi connectivity index (χ4n) is 3.06. The molecule has 2 atom stereocenters. The van der Waals surface area contributed by atoms with Gasteiger partial charge in [-0.1, -0.05) is 23.2 Å². The second-order valence-electron chi connectivity index (χ2n) is 5.40. The number of nitrogens with one attached hydrogen (secondary N) is 1. The van der Waals surface area contributed by atoms with E-state index in [9.17, 15) is 0 Å². The molecule has 1 aromatic rings. The van der Waals surface area contributed by atoms with Crippen molar-refractivity contribution in [3.8, 4) is 0 Å². The molecule has 1 aromatic carbocycles. The first-order valence-corrected chi connectivity index (χ1v) is 7.38. The van der Waals surface area contributed by atoms with Crippen molar-refractivity contribution < 1.29 is 0 Å². The summed E-state index contributed by atoms with van der Waals surface area (Å²) in [6.07, 6.45) is 3.90. The number of nitrogens with zero attached hydrogens (tertiary/aromatic N) is 1. The van der Waals surface area contributed by atoms with E-state index in [0.717, 1.165) is 41.3 Å². The van der Waals surface area contributed by atoms with Crippen molar-refractivity contribution in [2.24, 2.45) is 0 Å². The molecule has 1 N–H and O–H groups in total. The van der Waals surface area contributed by atoms with E-state index in [1.807, 2.05) is 18.2 Å². The van der Waals surface area contributed by atoms with Crippen LogP contribution in [0.15, 0.2) is 18.2 Å². The normalized spacial score (nSPS) is 28.3. The van der Waals surface area contributed by atoms with Crippen LogP contribution >= 0.6 is 23.2 Å². The Balaban J connectivity index is 1.70. The fourth-order valence-corrected chi connectivity index (χ4v) is 3.44. The average molecular weight is 285 g/mol. The lowest BCUT2D eigenvalue weighted by atomic mass is 10.1. The number of rotatable bonds is 2. The molecule has 2 bridgehead atoms. The van der Waals surface area contributed by atoms with Crippen LogP contribution in [0.2, 0.25) is 10.0 Å². The van der Waals surface area contributed by atoms with Crippen LogP contribution in [-0.4, -0.2) is 30.1 Å². The highest BCUT2D eigenvalue weighted by Gasteiger charge is 2.29. The van der Waals surface area contributed by atoms with E-state index >= 15 is 0 Å². The van der Waals surface area contributed by atoms with Gasteiger partial charge in [0.15, 0.2) is 0 Å². The number of benzene rings is 1. The summed E-state index contributed by atoms with van der Waals surface area (Å²) in [5.41, 5.74) is 1.14. The van der Waals surface area contributed by atoms with E-state index in [1.54, 1.807) is 0 Å². The van der Waals surface area contributed by atoms with Crippen molar-refractivity contribution in [2.75, 3.05) is 13.1 Å². The molecular weight excluding hydrogens is 267 g/mol. The predicted octanol–water partition coefficient (Wildman–Crippen LogP) is 3.32. The van der Waals surface area contributed by atoms with E-state index in [2.05, 4.69) is 10.2 Å². The number of likely N-dealkylation sites (tertiary alicyclic amines) is 1. The van der Waals surface area contributed by atoms with Gasteiger partial charge < -0.3 is 5.32 Å². The topological polar surface area (TPSA) is 15.3 Å². The largest absolute Gasteiger partial charge is 0.310 e. The lowest BCUT2D eigenvalue weighted by molar-refractivity contribution is 0.251. The summed E-state index contributed by atoms with van der Waals surface area (Å²) >= 11 is 12.3. The molecule has 2 aliphatic rings. The highest BCUT2D eigenvalue weighted by atomic mass is 35.5. The van der Waals surface area contributed by atoms with Crippen LogP contribution in [0.25, 0.3) is 0 Å². The molecule has 98 valence electrons. The number of halogens is 2. The summed E-state index contributed by atoms with van der Waals surface area (Å²) in [5.74, 6) is 0. The molecular formula is C14H18Cl2N2. The Morgan fingerprint density at radius 1 is 1.17 bits per heavy atom. The molecule has 2 fully saturated rings. The van der Waals surface area contributed by atoms with Crippen LogP contribution in [0, 0.1) is 0 Å². The summed E-state index contributed by atoms with van der Waals surface area (Å²) in [4.78, 5) is 2.49. The van der Waals surface area contributed by atoms with Crippen molar-refractivity contribution >= 4 is 23.2 Å². The first-order chi connectivity index (χ1) is 8.70. The van der Waals surface area contributed by atoms with Gasteiger partial charge in [-0.3, -0.25) is 4.90 Å². The molecule has 2 heterocycles. The summed E-state index contributed by atoms with van der Waals surface area (Å²) in [6.45, 7) is 3.18. The Morgan fingerprint density at radius 2 is 2.00 bits per heavy atom. The van der Waals surface area contributed by atoms with E-state index in [4.69, 9.17) is 23.2 Å². The van der Waals surface area contributed by atoms with Gasteiger partial charge >= 0.3 is 0 Å². The van der Waals surface area contributed by atoms with E-state index in [1.165, 1.54) is 19.3 Å². The van der Waals surface area contributed by atoms with Gasteiger partial charge in [0.05, 0.1) is 0 Å². The lowest BCUT2D eigenvalue weighted by Crippen LogP contribution is -2.35. The van der Waals surface area contributed by atoms with Gasteiger partial charge in [-0.15, -0.1) is 0 Å². The van der Waals surface area contributed by atoms with Gasteiger partial charge in [-0.05, 0) is 43.0 Å². The summed E-state index contributed by atoms with van der Waals surface area (Å²) < 4.78 is 0. The number of hydrogen-bond donors (Lipinski definition) is 1. The minimum atomic E-state index is 0.662. The van der Waals surface area contributed by atoms with Crippen LogP contribution in [-0.2, 0) is 6.54 Å². The Labute approximate surface area is 118 Å². The molecule has 0 aromatic heterocycles. The Bertz CT molecular complexity index is 436. The third-order valence-corrected chi connectivity index (χ3v) is 4.61. The van der Waals surface area contributed by atoms with Crippen molar-refractivity contribution in [1.82, 2.24) is 10.2 Å². The third kappa shape index (κ3) is 2.83. The Morgan fingerprint density at radius 3 is 2.89 bits per heavy atom. The van der Waals surface area contributed by atoms with Crippen molar-refractivity contribution in [2.45, 2.75) is 37.9 Å². The number of hydrogen-bond acceptors (Lipinski definition) is 2. The van der Waals surface area contributed by atoms with E-state index in [-0.39, 0.29) is 0 Å². The van der Waals surface area contributed by atoms with Crippen LogP contribution in [0.1, 0.15) is 24.8 Å². The Kier molecular flexibility index (Phi) is 3.81. The first kappa shape index (κ1) is 12.7. The van der Waals surface area contributed by atoms with Crippen LogP contribution in [0.3, 0.4) is 0 Å². The van der Waals surface area contributed by atoms with Crippen molar-refractivity contribution in [3.63, 3.8) is 0 Å². The SMILES string of the molecule is Clc1ccc(Cl)c(CN2CCC3CCC(C2)N3)c1. The van der Waals surface area contributed by atoms with E-state index < -0.39 is 0 Å². The second-order valence-corrected chi connectivity index (χ2v) is 6.24. The minimum absolute atomic E-state index is 0.662. The summed E-state index contributed by atoms with van der Waals surface area (Å²) in [7, 11) is 0. The number of fused-ring (bicyclic) bond motifs is 2. The molecule has 0 spiro atoms. The highest BCUT2D eigenvalue weighted by molar-refractivity contribution is 6.33. The van der Waals surface area contributed by atoms with Crippen LogP contribution in [0.4, 0.5) is 0 Å². The molecule has 0 amide bonds. The molecule has 2 nitrogen and oxygen atoms in total. The van der Waals surface area contributed by atoms with Crippen LogP contribution < -0.4 is 5.32 Å². The monoisotopic (exact) mass is 284 g/mol. The van der Waals surface area contributed by atoms with Gasteiger partial charge in [-0.2, -0.15) is 0 Å². The van der Waals surface area contributed by atoms with E-state index in [0.29, 0.717) is 6.04 Å². The van der Waals surface area contributed by atoms with Crippen LogP contribution in [0.5, 0.6) is 0 Å². The average Bonchev–Trinajstić information content (AvgIpc) is 2.67. The molecule has 0 saturated carbocycles. The van der Waals surface area contributed by atoms with Gasteiger partial charge in [0.25, 0.3) is 0 Å². The molecule has 2 unspecified atom stereocenters. The van der Waals surface area contributed by atoms with Crippen molar-refractivity contribution in [3.05, 3.63) is 33.8 Å². The smallest absolute Gasteiger partial charge is 0.0452 e. The van der Waals surface area contributed by atoms with Crippen molar-refractivity contribution in [1.29, 1.82) is 0 Å². The molecule has 4 heteroatoms. The lowest BCUT2D eigenvalue weighted by Gasteiger charge is -2.24. The Hall–Kier alpha value is -0.280. The zero-order chi connectivity index (χ0) is 12.5. The summed E-state index contributed by atoms with van der Waals surface area (Å²) in [6, 6.07) is 7.12. The summed E-state index contributed by atoms with van der Waals surface area (Å²) in [5, 5.41) is 5.28. The van der Waals surface area contributed by atoms with Gasteiger partial charge in [-0.25, -0.2) is 0 Å². The molecule has 18 heavy (non-hydrogen) atoms. The standard InChI is InChI=1S/C14H18Cl2N2/c15-11-1-4-14(16)10(7-11)8-18-6-5-12-2-3-13(9-18)17-12/h1,4,7,12-13,17H,2-3,5-6,8-9H2. The second kappa shape index (κ2) is 5.38. The molecule has 0 radical (unpaired) electrons. The van der Waals surface area contributed by atoms with Gasteiger partial charge in [0.1, 0.15) is 0 Å². The predicted molar refractivity (Wildman–Crippen MR) is 76.3 cm³/mol. The molecule has 0 aliphatic carbocycles. The maximum atomic E-state index is 6.23. The third-order valence-electron chi connectivity index (χ3n) is 4.01. The maximum Gasteiger partial charge on any atom is 0.0452 e. The first-order valence-electron chi connectivity index (χ1n) is 6.63. The fraction of sp³-hybridized carbons (Fsp3) is 0.571. The molecule has 2 aliphatic heterocycles. The van der Waals surface area contributed by atoms with Gasteiger partial charge in [0.2, 0.25) is 0 Å². The zero-order valence-corrected chi connectivity index (χ0v) is 11.8. The van der Waals surface area contributed by atoms with Gasteiger partial charge in [0, 0.05) is 41.8 Å². The quantitative estimate of drug-likeness (QED) is 0.896.